The Morgan fingerprint density at radius 1 is 1.18 bits per heavy atom. The second kappa shape index (κ2) is 9.22. The molecule has 2 aliphatic heterocycles. The van der Waals surface area contributed by atoms with Gasteiger partial charge in [-0.3, -0.25) is 4.79 Å². The summed E-state index contributed by atoms with van der Waals surface area (Å²) < 4.78 is 30.1. The molecule has 178 valence electrons. The zero-order valence-electron chi connectivity index (χ0n) is 18.8. The summed E-state index contributed by atoms with van der Waals surface area (Å²) in [6.45, 7) is 4.96. The number of halogens is 1. The van der Waals surface area contributed by atoms with Crippen LogP contribution in [0.25, 0.3) is 10.9 Å². The van der Waals surface area contributed by atoms with Gasteiger partial charge in [0.2, 0.25) is 6.79 Å². The van der Waals surface area contributed by atoms with Crippen molar-refractivity contribution in [2.75, 3.05) is 56.3 Å². The van der Waals surface area contributed by atoms with Crippen LogP contribution in [0.4, 0.5) is 15.8 Å². The molecule has 1 saturated heterocycles. The summed E-state index contributed by atoms with van der Waals surface area (Å²) in [4.78, 5) is 31.6. The van der Waals surface area contributed by atoms with E-state index in [9.17, 15) is 14.0 Å². The Hall–Kier alpha value is -3.79. The molecule has 2 aromatic carbocycles. The molecule has 10 heteroatoms. The lowest BCUT2D eigenvalue weighted by Gasteiger charge is -2.33. The number of amides is 1. The van der Waals surface area contributed by atoms with Gasteiger partial charge in [-0.05, 0) is 25.1 Å². The Morgan fingerprint density at radius 2 is 1.91 bits per heavy atom. The number of carbonyl (C=O) groups excluding carboxylic acids is 2. The molecular formula is C24H26FN4O5+. The topological polar surface area (TPSA) is 97.3 Å². The van der Waals surface area contributed by atoms with Crippen LogP contribution in [0.2, 0.25) is 0 Å². The molecule has 0 radical (unpaired) electrons. The lowest BCUT2D eigenvalue weighted by molar-refractivity contribution is -0.892. The van der Waals surface area contributed by atoms with Crippen molar-refractivity contribution in [1.29, 1.82) is 0 Å². The standard InChI is InChI=1S/C24H25FN4O5/c1-2-32-24(31)23-22(15-11-19-20(34-14-33-19)12-17(15)26-23)27-21(30)13-28-7-9-29(10-8-28)18-6-4-3-5-16(18)25/h3-6,11-12,26H,2,7-10,13-14H2,1H3,(H,27,30)/p+1. The Labute approximate surface area is 195 Å². The first-order chi connectivity index (χ1) is 16.5. The number of quaternary nitrogens is 1. The van der Waals surface area contributed by atoms with Crippen LogP contribution in [0, 0.1) is 5.82 Å². The van der Waals surface area contributed by atoms with E-state index in [2.05, 4.69) is 10.3 Å². The first-order valence-corrected chi connectivity index (χ1v) is 11.3. The highest BCUT2D eigenvalue weighted by Gasteiger charge is 2.27. The smallest absolute Gasteiger partial charge is 0.356 e. The van der Waals surface area contributed by atoms with Crippen LogP contribution in [0.5, 0.6) is 11.5 Å². The molecule has 3 aromatic rings. The fraction of sp³-hybridized carbons (Fsp3) is 0.333. The molecule has 0 bridgehead atoms. The third kappa shape index (κ3) is 4.24. The second-order valence-corrected chi connectivity index (χ2v) is 8.26. The Bertz CT molecular complexity index is 1240. The van der Waals surface area contributed by atoms with E-state index < -0.39 is 5.97 Å². The third-order valence-electron chi connectivity index (χ3n) is 6.11. The summed E-state index contributed by atoms with van der Waals surface area (Å²) in [6, 6.07) is 10.2. The number of fused-ring (bicyclic) bond motifs is 2. The highest BCUT2D eigenvalue weighted by Crippen LogP contribution is 2.39. The number of esters is 1. The van der Waals surface area contributed by atoms with Crippen LogP contribution in [0.15, 0.2) is 36.4 Å². The van der Waals surface area contributed by atoms with E-state index in [0.29, 0.717) is 60.0 Å². The van der Waals surface area contributed by atoms with Crippen molar-refractivity contribution >= 4 is 34.2 Å². The number of aromatic amines is 1. The van der Waals surface area contributed by atoms with E-state index in [1.54, 1.807) is 31.2 Å². The molecule has 0 saturated carbocycles. The van der Waals surface area contributed by atoms with Gasteiger partial charge in [0.1, 0.15) is 11.5 Å². The molecule has 0 atom stereocenters. The molecule has 1 aromatic heterocycles. The van der Waals surface area contributed by atoms with Crippen LogP contribution in [-0.4, -0.2) is 63.0 Å². The summed E-state index contributed by atoms with van der Waals surface area (Å²) in [7, 11) is 0. The highest BCUT2D eigenvalue weighted by atomic mass is 19.1. The Kier molecular flexibility index (Phi) is 5.97. The summed E-state index contributed by atoms with van der Waals surface area (Å²) in [5.41, 5.74) is 1.76. The Morgan fingerprint density at radius 3 is 2.65 bits per heavy atom. The van der Waals surface area contributed by atoms with Crippen LogP contribution in [0.3, 0.4) is 0 Å². The summed E-state index contributed by atoms with van der Waals surface area (Å²) >= 11 is 0. The van der Waals surface area contributed by atoms with E-state index in [1.807, 2.05) is 11.0 Å². The second-order valence-electron chi connectivity index (χ2n) is 8.26. The van der Waals surface area contributed by atoms with E-state index in [1.165, 1.54) is 6.07 Å². The largest absolute Gasteiger partial charge is 0.461 e. The molecule has 0 unspecified atom stereocenters. The predicted molar refractivity (Wildman–Crippen MR) is 123 cm³/mol. The molecule has 1 fully saturated rings. The van der Waals surface area contributed by atoms with E-state index in [-0.39, 0.29) is 37.4 Å². The van der Waals surface area contributed by atoms with Crippen LogP contribution in [-0.2, 0) is 9.53 Å². The molecular weight excluding hydrogens is 443 g/mol. The number of hydrogen-bond donors (Lipinski definition) is 3. The lowest BCUT2D eigenvalue weighted by Crippen LogP contribution is -3.15. The highest BCUT2D eigenvalue weighted by molar-refractivity contribution is 6.11. The van der Waals surface area contributed by atoms with Crippen molar-refractivity contribution in [3.63, 3.8) is 0 Å². The summed E-state index contributed by atoms with van der Waals surface area (Å²) in [5, 5.41) is 3.54. The number of nitrogens with one attached hydrogen (secondary N) is 3. The molecule has 3 N–H and O–H groups in total. The van der Waals surface area contributed by atoms with Crippen molar-refractivity contribution in [2.45, 2.75) is 6.92 Å². The number of piperazine rings is 1. The van der Waals surface area contributed by atoms with Crippen molar-refractivity contribution < 1.29 is 33.1 Å². The monoisotopic (exact) mass is 469 g/mol. The maximum Gasteiger partial charge on any atom is 0.356 e. The number of ether oxygens (including phenoxy) is 3. The molecule has 5 rings (SSSR count). The van der Waals surface area contributed by atoms with Gasteiger partial charge in [0.25, 0.3) is 5.91 Å². The molecule has 34 heavy (non-hydrogen) atoms. The number of rotatable bonds is 6. The average molecular weight is 469 g/mol. The lowest BCUT2D eigenvalue weighted by atomic mass is 10.2. The fourth-order valence-electron chi connectivity index (χ4n) is 4.43. The average Bonchev–Trinajstić information content (AvgIpc) is 3.43. The van der Waals surface area contributed by atoms with Gasteiger partial charge < -0.3 is 34.3 Å². The molecule has 0 spiro atoms. The van der Waals surface area contributed by atoms with Gasteiger partial charge in [-0.25, -0.2) is 9.18 Å². The van der Waals surface area contributed by atoms with Gasteiger partial charge in [-0.15, -0.1) is 0 Å². The zero-order chi connectivity index (χ0) is 23.7. The van der Waals surface area contributed by atoms with Crippen LogP contribution in [0.1, 0.15) is 17.4 Å². The molecule has 1 amide bonds. The molecule has 9 nitrogen and oxygen atoms in total. The SMILES string of the molecule is CCOC(=O)c1[nH]c2cc3c(cc2c1NC(=O)C[NH+]1CCN(c2ccccc2F)CC1)OCO3. The van der Waals surface area contributed by atoms with Gasteiger partial charge in [0.15, 0.2) is 18.0 Å². The number of carbonyl (C=O) groups is 2. The van der Waals surface area contributed by atoms with Crippen molar-refractivity contribution in [3.8, 4) is 11.5 Å². The first kappa shape index (κ1) is 22.0. The number of benzene rings is 2. The number of anilines is 2. The van der Waals surface area contributed by atoms with Crippen LogP contribution >= 0.6 is 0 Å². The van der Waals surface area contributed by atoms with Crippen molar-refractivity contribution in [3.05, 3.63) is 47.9 Å². The van der Waals surface area contributed by atoms with Crippen molar-refractivity contribution in [1.82, 2.24) is 4.98 Å². The van der Waals surface area contributed by atoms with Gasteiger partial charge in [-0.2, -0.15) is 0 Å². The van der Waals surface area contributed by atoms with Gasteiger partial charge in [0.05, 0.1) is 49.7 Å². The summed E-state index contributed by atoms with van der Waals surface area (Å²) in [5.74, 6) is 0.0993. The quantitative estimate of drug-likeness (QED) is 0.474. The number of para-hydroxylation sites is 1. The van der Waals surface area contributed by atoms with E-state index >= 15 is 0 Å². The third-order valence-corrected chi connectivity index (χ3v) is 6.11. The predicted octanol–water partition coefficient (Wildman–Crippen LogP) is 1.56. The minimum absolute atomic E-state index is 0.122. The van der Waals surface area contributed by atoms with Crippen LogP contribution < -0.4 is 24.6 Å². The van der Waals surface area contributed by atoms with Crippen molar-refractivity contribution in [2.24, 2.45) is 0 Å². The molecule has 0 aliphatic carbocycles. The van der Waals surface area contributed by atoms with E-state index in [4.69, 9.17) is 14.2 Å². The van der Waals surface area contributed by atoms with Gasteiger partial charge in [0, 0.05) is 11.5 Å². The number of nitrogens with zero attached hydrogens (tertiary/aromatic N) is 1. The molecule has 3 heterocycles. The fourth-order valence-corrected chi connectivity index (χ4v) is 4.43. The number of hydrogen-bond acceptors (Lipinski definition) is 6. The zero-order valence-corrected chi connectivity index (χ0v) is 18.8. The minimum Gasteiger partial charge on any atom is -0.461 e. The maximum atomic E-state index is 14.1. The molecule has 2 aliphatic rings. The Balaban J connectivity index is 1.30. The number of aromatic nitrogens is 1. The van der Waals surface area contributed by atoms with Gasteiger partial charge >= 0.3 is 5.97 Å². The first-order valence-electron chi connectivity index (χ1n) is 11.3. The maximum absolute atomic E-state index is 14.1. The van der Waals surface area contributed by atoms with E-state index in [0.717, 1.165) is 4.90 Å². The summed E-state index contributed by atoms with van der Waals surface area (Å²) in [6.07, 6.45) is 0. The normalized spacial score (nSPS) is 15.5. The number of H-pyrrole nitrogens is 1. The van der Waals surface area contributed by atoms with Gasteiger partial charge in [-0.1, -0.05) is 12.1 Å². The minimum atomic E-state index is -0.554.